The maximum Gasteiger partial charge on any atom is 0.417 e. The van der Waals surface area contributed by atoms with Gasteiger partial charge in [-0.15, -0.1) is 0 Å². The van der Waals surface area contributed by atoms with Crippen LogP contribution < -0.4 is 0 Å². The Morgan fingerprint density at radius 1 is 1.22 bits per heavy atom. The largest absolute Gasteiger partial charge is 0.466 e. The van der Waals surface area contributed by atoms with Crippen LogP contribution in [0.3, 0.4) is 0 Å². The van der Waals surface area contributed by atoms with Crippen molar-refractivity contribution in [2.24, 2.45) is 5.92 Å². The lowest BCUT2D eigenvalue weighted by atomic mass is 10.0. The zero-order chi connectivity index (χ0) is 23.2. The first-order valence-electron chi connectivity index (χ1n) is 9.86. The van der Waals surface area contributed by atoms with Gasteiger partial charge in [0, 0.05) is 41.8 Å². The van der Waals surface area contributed by atoms with Gasteiger partial charge in [0.2, 0.25) is 0 Å². The molecule has 4 rings (SSSR count). The van der Waals surface area contributed by atoms with E-state index in [1.807, 2.05) is 0 Å². The minimum absolute atomic E-state index is 0.0974. The van der Waals surface area contributed by atoms with E-state index in [2.05, 4.69) is 19.9 Å². The number of esters is 1. The first-order valence-corrected chi connectivity index (χ1v) is 9.86. The fourth-order valence-corrected chi connectivity index (χ4v) is 3.49. The van der Waals surface area contributed by atoms with Crippen molar-refractivity contribution in [3.05, 3.63) is 42.2 Å². The monoisotopic (exact) mass is 449 g/mol. The number of fused-ring (bicyclic) bond motifs is 2. The predicted molar refractivity (Wildman–Crippen MR) is 108 cm³/mol. The third-order valence-corrected chi connectivity index (χ3v) is 5.44. The number of aromatic nitrogens is 5. The first-order chi connectivity index (χ1) is 15.1. The third-order valence-electron chi connectivity index (χ3n) is 5.44. The van der Waals surface area contributed by atoms with E-state index in [0.29, 0.717) is 5.56 Å². The van der Waals surface area contributed by atoms with Crippen LogP contribution in [0.25, 0.3) is 33.5 Å². The van der Waals surface area contributed by atoms with E-state index < -0.39 is 35.5 Å². The Kier molecular flexibility index (Phi) is 5.35. The zero-order valence-corrected chi connectivity index (χ0v) is 17.4. The highest BCUT2D eigenvalue weighted by molar-refractivity contribution is 5.93. The van der Waals surface area contributed by atoms with Gasteiger partial charge < -0.3 is 14.3 Å². The fraction of sp³-hybridized carbons (Fsp3) is 0.333. The van der Waals surface area contributed by atoms with Crippen molar-refractivity contribution < 1.29 is 27.1 Å². The normalized spacial score (nSPS) is 14.1. The number of hydrogen-bond donors (Lipinski definition) is 1. The molecule has 0 aliphatic heterocycles. The molecule has 11 heteroatoms. The van der Waals surface area contributed by atoms with Gasteiger partial charge in [-0.3, -0.25) is 4.79 Å². The Balaban J connectivity index is 1.82. The van der Waals surface area contributed by atoms with E-state index in [4.69, 9.17) is 4.74 Å². The summed E-state index contributed by atoms with van der Waals surface area (Å²) in [6.45, 7) is 5.31. The Labute approximate surface area is 179 Å². The fourth-order valence-electron chi connectivity index (χ4n) is 3.49. The van der Waals surface area contributed by atoms with Crippen LogP contribution >= 0.6 is 0 Å². The molecule has 4 heterocycles. The summed E-state index contributed by atoms with van der Waals surface area (Å²) < 4.78 is 60.5. The van der Waals surface area contributed by atoms with Crippen LogP contribution in [0.5, 0.6) is 0 Å². The van der Waals surface area contributed by atoms with Crippen LogP contribution in [0, 0.1) is 11.7 Å². The van der Waals surface area contributed by atoms with Crippen molar-refractivity contribution in [1.82, 2.24) is 24.5 Å². The minimum atomic E-state index is -4.56. The maximum absolute atomic E-state index is 14.5. The second-order valence-corrected chi connectivity index (χ2v) is 7.42. The van der Waals surface area contributed by atoms with Gasteiger partial charge >= 0.3 is 12.1 Å². The van der Waals surface area contributed by atoms with Crippen LogP contribution in [0.2, 0.25) is 0 Å². The number of pyridine rings is 1. The van der Waals surface area contributed by atoms with Crippen LogP contribution in [0.1, 0.15) is 32.4 Å². The summed E-state index contributed by atoms with van der Waals surface area (Å²) in [4.78, 5) is 27.3. The van der Waals surface area contributed by atoms with Crippen molar-refractivity contribution in [1.29, 1.82) is 0 Å². The number of ether oxygens (including phenoxy) is 1. The van der Waals surface area contributed by atoms with Gasteiger partial charge in [0.05, 0.1) is 23.5 Å². The predicted octanol–water partition coefficient (Wildman–Crippen LogP) is 4.89. The molecule has 0 amide bonds. The van der Waals surface area contributed by atoms with E-state index >= 15 is 0 Å². The number of aromatic amines is 1. The molecule has 2 atom stereocenters. The van der Waals surface area contributed by atoms with E-state index in [1.165, 1.54) is 23.2 Å². The lowest BCUT2D eigenvalue weighted by molar-refractivity contribution is -0.148. The molecule has 0 aliphatic carbocycles. The molecule has 1 N–H and O–H groups in total. The molecule has 0 radical (unpaired) electrons. The molecule has 168 valence electrons. The second kappa shape index (κ2) is 7.88. The lowest BCUT2D eigenvalue weighted by Crippen LogP contribution is -2.24. The summed E-state index contributed by atoms with van der Waals surface area (Å²) in [5.41, 5.74) is -0.161. The molecule has 4 aromatic rings. The summed E-state index contributed by atoms with van der Waals surface area (Å²) in [5.74, 6) is -1.50. The highest BCUT2D eigenvalue weighted by atomic mass is 19.4. The molecule has 0 aromatic carbocycles. The number of carbonyl (C=O) groups is 1. The van der Waals surface area contributed by atoms with Gasteiger partial charge in [0.15, 0.2) is 11.6 Å². The molecule has 32 heavy (non-hydrogen) atoms. The van der Waals surface area contributed by atoms with Crippen molar-refractivity contribution in [2.75, 3.05) is 6.61 Å². The molecule has 0 unspecified atom stereocenters. The van der Waals surface area contributed by atoms with Gasteiger partial charge in [-0.25, -0.2) is 19.3 Å². The minimum Gasteiger partial charge on any atom is -0.466 e. The molecule has 0 aliphatic rings. The number of halogens is 4. The maximum atomic E-state index is 14.5. The molecule has 0 bridgehead atoms. The number of alkyl halides is 3. The Morgan fingerprint density at radius 3 is 2.66 bits per heavy atom. The highest BCUT2D eigenvalue weighted by Gasteiger charge is 2.32. The summed E-state index contributed by atoms with van der Waals surface area (Å²) in [7, 11) is 0. The number of H-pyrrole nitrogens is 1. The molecular formula is C21H19F4N5O2. The molecule has 4 aromatic heterocycles. The number of rotatable bonds is 5. The van der Waals surface area contributed by atoms with Gasteiger partial charge in [0.1, 0.15) is 11.3 Å². The topological polar surface area (TPSA) is 85.7 Å². The quantitative estimate of drug-likeness (QED) is 0.346. The SMILES string of the molecule is CCOC(=O)[C@H](C)[C@@H](C)n1cc(F)c2cnc(-c3c[nH]c4ncc(C(F)(F)F)cc34)nc21. The molecule has 0 spiro atoms. The van der Waals surface area contributed by atoms with Crippen molar-refractivity contribution >= 4 is 28.0 Å². The van der Waals surface area contributed by atoms with Gasteiger partial charge in [0.25, 0.3) is 0 Å². The summed E-state index contributed by atoms with van der Waals surface area (Å²) in [5, 5.41) is 0.316. The second-order valence-electron chi connectivity index (χ2n) is 7.42. The molecular weight excluding hydrogens is 430 g/mol. The molecule has 0 fully saturated rings. The van der Waals surface area contributed by atoms with E-state index in [1.54, 1.807) is 20.8 Å². The van der Waals surface area contributed by atoms with Crippen LogP contribution in [-0.2, 0) is 15.7 Å². The van der Waals surface area contributed by atoms with Crippen LogP contribution in [0.4, 0.5) is 17.6 Å². The number of hydrogen-bond acceptors (Lipinski definition) is 5. The van der Waals surface area contributed by atoms with Gasteiger partial charge in [-0.05, 0) is 26.8 Å². The highest BCUT2D eigenvalue weighted by Crippen LogP contribution is 2.34. The number of carbonyl (C=O) groups excluding carboxylic acids is 1. The summed E-state index contributed by atoms with van der Waals surface area (Å²) in [6, 6.07) is 0.470. The standard InChI is InChI=1S/C21H19F4N5O2/c1-4-32-20(31)10(2)11(3)30-9-16(22)15-8-28-18(29-19(15)30)14-7-27-17-13(14)5-12(6-26-17)21(23,24)25/h5-11H,4H2,1-3H3,(H,26,27)/t10-,11-/m1/s1. The Bertz CT molecular complexity index is 1310. The van der Waals surface area contributed by atoms with Gasteiger partial charge in [-0.2, -0.15) is 13.2 Å². The number of nitrogens with zero attached hydrogens (tertiary/aromatic N) is 4. The van der Waals surface area contributed by atoms with Crippen molar-refractivity contribution in [3.63, 3.8) is 0 Å². The third kappa shape index (κ3) is 3.67. The van der Waals surface area contributed by atoms with Gasteiger partial charge in [-0.1, -0.05) is 0 Å². The Morgan fingerprint density at radius 2 is 1.97 bits per heavy atom. The van der Waals surface area contributed by atoms with Crippen molar-refractivity contribution in [2.45, 2.75) is 33.0 Å². The van der Waals surface area contributed by atoms with Crippen LogP contribution in [0.15, 0.2) is 30.9 Å². The van der Waals surface area contributed by atoms with Crippen molar-refractivity contribution in [3.8, 4) is 11.4 Å². The average molecular weight is 449 g/mol. The zero-order valence-electron chi connectivity index (χ0n) is 17.4. The smallest absolute Gasteiger partial charge is 0.417 e. The number of nitrogens with one attached hydrogen (secondary N) is 1. The molecule has 7 nitrogen and oxygen atoms in total. The van der Waals surface area contributed by atoms with Crippen LogP contribution in [-0.4, -0.2) is 37.1 Å². The average Bonchev–Trinajstić information content (AvgIpc) is 3.32. The molecule has 0 saturated carbocycles. The lowest BCUT2D eigenvalue weighted by Gasteiger charge is -2.20. The first kappa shape index (κ1) is 21.7. The van der Waals surface area contributed by atoms with E-state index in [-0.39, 0.29) is 34.5 Å². The molecule has 0 saturated heterocycles. The van der Waals surface area contributed by atoms with E-state index in [9.17, 15) is 22.4 Å². The Hall–Kier alpha value is -3.50. The summed E-state index contributed by atoms with van der Waals surface area (Å²) in [6.07, 6.45) is 0.128. The van der Waals surface area contributed by atoms with E-state index in [0.717, 1.165) is 12.3 Å². The summed E-state index contributed by atoms with van der Waals surface area (Å²) >= 11 is 0.